The van der Waals surface area contributed by atoms with Gasteiger partial charge in [-0.3, -0.25) is 14.1 Å². The van der Waals surface area contributed by atoms with Gasteiger partial charge in [-0.1, -0.05) is 19.6 Å². The highest BCUT2D eigenvalue weighted by Gasteiger charge is 2.34. The van der Waals surface area contributed by atoms with Crippen LogP contribution in [0.15, 0.2) is 25.3 Å². The minimum atomic E-state index is -4.28. The quantitative estimate of drug-likeness (QED) is 0.570. The van der Waals surface area contributed by atoms with E-state index in [9.17, 15) is 22.6 Å². The molecule has 1 aliphatic rings. The van der Waals surface area contributed by atoms with Crippen LogP contribution >= 0.6 is 0 Å². The number of ketones is 1. The molecule has 3 atom stereocenters. The van der Waals surface area contributed by atoms with Crippen molar-refractivity contribution >= 4 is 21.8 Å². The molecule has 3 unspecified atom stereocenters. The van der Waals surface area contributed by atoms with Crippen molar-refractivity contribution in [2.75, 3.05) is 0 Å². The molecule has 0 saturated heterocycles. The Labute approximate surface area is 131 Å². The largest absolute Gasteiger partial charge is 0.348 e. The fraction of sp³-hybridized carbons (Fsp3) is 0.600. The van der Waals surface area contributed by atoms with Gasteiger partial charge in [-0.2, -0.15) is 8.42 Å². The number of nitrogens with one attached hydrogen (secondary N) is 1. The average molecular weight is 329 g/mol. The number of carbonyl (C=O) groups excluding carboxylic acids is 2. The summed E-state index contributed by atoms with van der Waals surface area (Å²) >= 11 is 0. The maximum Gasteiger partial charge on any atom is 0.269 e. The summed E-state index contributed by atoms with van der Waals surface area (Å²) in [5.74, 6) is -0.450. The van der Waals surface area contributed by atoms with Gasteiger partial charge in [-0.05, 0) is 43.8 Å². The van der Waals surface area contributed by atoms with Gasteiger partial charge >= 0.3 is 0 Å². The van der Waals surface area contributed by atoms with E-state index in [0.29, 0.717) is 25.7 Å². The summed E-state index contributed by atoms with van der Waals surface area (Å²) in [6.07, 6.45) is 5.27. The lowest BCUT2D eigenvalue weighted by Crippen LogP contribution is -2.47. The molecule has 7 heteroatoms. The Morgan fingerprint density at radius 3 is 2.36 bits per heavy atom. The van der Waals surface area contributed by atoms with Crippen LogP contribution in [0.5, 0.6) is 0 Å². The van der Waals surface area contributed by atoms with Gasteiger partial charge in [-0.25, -0.2) is 0 Å². The van der Waals surface area contributed by atoms with Crippen LogP contribution in [0.25, 0.3) is 0 Å². The Kier molecular flexibility index (Phi) is 6.96. The molecular weight excluding hydrogens is 306 g/mol. The molecule has 1 saturated carbocycles. The topological polar surface area (TPSA) is 101 Å². The summed E-state index contributed by atoms with van der Waals surface area (Å²) in [5.41, 5.74) is 0. The molecule has 0 aliphatic heterocycles. The maximum atomic E-state index is 11.6. The Balaban J connectivity index is 2.83. The zero-order chi connectivity index (χ0) is 16.8. The second-order valence-electron chi connectivity index (χ2n) is 5.62. The highest BCUT2D eigenvalue weighted by molar-refractivity contribution is 7.86. The van der Waals surface area contributed by atoms with Gasteiger partial charge < -0.3 is 5.32 Å². The van der Waals surface area contributed by atoms with E-state index in [4.69, 9.17) is 0 Å². The molecule has 22 heavy (non-hydrogen) atoms. The van der Waals surface area contributed by atoms with E-state index in [1.54, 1.807) is 0 Å². The van der Waals surface area contributed by atoms with Crippen LogP contribution in [0.1, 0.15) is 38.5 Å². The first kappa shape index (κ1) is 18.6. The second-order valence-corrected chi connectivity index (χ2v) is 7.26. The molecule has 124 valence electrons. The van der Waals surface area contributed by atoms with Gasteiger partial charge in [-0.15, -0.1) is 0 Å². The zero-order valence-electron chi connectivity index (χ0n) is 12.5. The van der Waals surface area contributed by atoms with Crippen LogP contribution in [0.2, 0.25) is 0 Å². The van der Waals surface area contributed by atoms with Gasteiger partial charge in [0.2, 0.25) is 5.91 Å². The van der Waals surface area contributed by atoms with E-state index in [1.807, 2.05) is 0 Å². The number of carbonyl (C=O) groups is 2. The standard InChI is InChI=1S/C15H23NO5S/c1-3-12(17)10-11-6-5-7-13(16-15(18)4-2)14(9-8-11)22(19,20)21/h3-4,11,13-14H,1-2,5-10H2,(H,16,18)(H,19,20,21). The number of hydrogen-bond donors (Lipinski definition) is 2. The fourth-order valence-corrected chi connectivity index (χ4v) is 3.95. The molecule has 0 aromatic carbocycles. The van der Waals surface area contributed by atoms with Crippen molar-refractivity contribution < 1.29 is 22.6 Å². The summed E-state index contributed by atoms with van der Waals surface area (Å²) in [6.45, 7) is 6.77. The van der Waals surface area contributed by atoms with Gasteiger partial charge in [0.25, 0.3) is 10.1 Å². The molecule has 1 aliphatic carbocycles. The highest BCUT2D eigenvalue weighted by Crippen LogP contribution is 2.28. The second kappa shape index (κ2) is 8.24. The number of allylic oxidation sites excluding steroid dienone is 1. The molecule has 1 rings (SSSR count). The third kappa shape index (κ3) is 5.73. The number of hydrogen-bond acceptors (Lipinski definition) is 4. The Morgan fingerprint density at radius 1 is 1.14 bits per heavy atom. The monoisotopic (exact) mass is 329 g/mol. The number of amides is 1. The summed E-state index contributed by atoms with van der Waals surface area (Å²) in [6, 6.07) is -0.642. The first-order chi connectivity index (χ1) is 10.3. The predicted octanol–water partition coefficient (Wildman–Crippen LogP) is 1.64. The van der Waals surface area contributed by atoms with E-state index >= 15 is 0 Å². The summed E-state index contributed by atoms with van der Waals surface area (Å²) < 4.78 is 32.7. The molecule has 0 spiro atoms. The lowest BCUT2D eigenvalue weighted by atomic mass is 9.86. The van der Waals surface area contributed by atoms with Crippen molar-refractivity contribution in [3.63, 3.8) is 0 Å². The average Bonchev–Trinajstić information content (AvgIpc) is 2.42. The van der Waals surface area contributed by atoms with Gasteiger partial charge in [0.15, 0.2) is 5.78 Å². The van der Waals surface area contributed by atoms with E-state index in [-0.39, 0.29) is 18.1 Å². The van der Waals surface area contributed by atoms with Crippen LogP contribution in [0.3, 0.4) is 0 Å². The van der Waals surface area contributed by atoms with Crippen molar-refractivity contribution in [2.24, 2.45) is 5.92 Å². The van der Waals surface area contributed by atoms with Crippen LogP contribution < -0.4 is 5.32 Å². The first-order valence-electron chi connectivity index (χ1n) is 7.32. The number of rotatable bonds is 6. The molecule has 0 bridgehead atoms. The third-order valence-electron chi connectivity index (χ3n) is 4.05. The van der Waals surface area contributed by atoms with E-state index < -0.39 is 27.3 Å². The van der Waals surface area contributed by atoms with Gasteiger partial charge in [0, 0.05) is 12.5 Å². The van der Waals surface area contributed by atoms with E-state index in [0.717, 1.165) is 12.5 Å². The zero-order valence-corrected chi connectivity index (χ0v) is 13.3. The van der Waals surface area contributed by atoms with Crippen molar-refractivity contribution in [3.8, 4) is 0 Å². The molecule has 0 aromatic rings. The lowest BCUT2D eigenvalue weighted by Gasteiger charge is -2.30. The predicted molar refractivity (Wildman–Crippen MR) is 83.9 cm³/mol. The Bertz CT molecular complexity index is 540. The smallest absolute Gasteiger partial charge is 0.269 e. The molecule has 0 aromatic heterocycles. The molecule has 2 N–H and O–H groups in total. The molecule has 0 radical (unpaired) electrons. The van der Waals surface area contributed by atoms with Crippen LogP contribution in [0, 0.1) is 5.92 Å². The first-order valence-corrected chi connectivity index (χ1v) is 8.82. The minimum absolute atomic E-state index is 0.0644. The molecule has 0 heterocycles. The van der Waals surface area contributed by atoms with Crippen LogP contribution in [0.4, 0.5) is 0 Å². The van der Waals surface area contributed by atoms with Crippen molar-refractivity contribution in [1.29, 1.82) is 0 Å². The summed E-state index contributed by atoms with van der Waals surface area (Å²) in [5, 5.41) is 1.52. The summed E-state index contributed by atoms with van der Waals surface area (Å²) in [7, 11) is -4.28. The third-order valence-corrected chi connectivity index (χ3v) is 5.38. The fourth-order valence-electron chi connectivity index (χ4n) is 2.89. The summed E-state index contributed by atoms with van der Waals surface area (Å²) in [4.78, 5) is 22.9. The SMILES string of the molecule is C=CC(=O)CC1CCCC(NC(=O)C=C)C(S(=O)(=O)O)CC1. The normalized spacial score (nSPS) is 26.3. The molecule has 1 amide bonds. The lowest BCUT2D eigenvalue weighted by molar-refractivity contribution is -0.117. The Morgan fingerprint density at radius 2 is 1.82 bits per heavy atom. The highest BCUT2D eigenvalue weighted by atomic mass is 32.2. The maximum absolute atomic E-state index is 11.6. The van der Waals surface area contributed by atoms with Gasteiger partial charge in [0.1, 0.15) is 5.25 Å². The van der Waals surface area contributed by atoms with Crippen LogP contribution in [-0.4, -0.2) is 36.0 Å². The van der Waals surface area contributed by atoms with Crippen LogP contribution in [-0.2, 0) is 19.7 Å². The van der Waals surface area contributed by atoms with E-state index in [2.05, 4.69) is 18.5 Å². The van der Waals surface area contributed by atoms with Crippen molar-refractivity contribution in [1.82, 2.24) is 5.32 Å². The Hall–Kier alpha value is -1.47. The van der Waals surface area contributed by atoms with Gasteiger partial charge in [0.05, 0.1) is 0 Å². The minimum Gasteiger partial charge on any atom is -0.348 e. The molecule has 1 fully saturated rings. The molecule has 6 nitrogen and oxygen atoms in total. The van der Waals surface area contributed by atoms with Crippen molar-refractivity contribution in [3.05, 3.63) is 25.3 Å². The van der Waals surface area contributed by atoms with Crippen molar-refractivity contribution in [2.45, 2.75) is 49.8 Å². The van der Waals surface area contributed by atoms with E-state index in [1.165, 1.54) is 6.08 Å². The molecular formula is C15H23NO5S.